The molecule has 23 N–H and O–H groups in total. The van der Waals surface area contributed by atoms with Crippen LogP contribution < -0.4 is 68.0 Å². The van der Waals surface area contributed by atoms with E-state index in [1.54, 1.807) is 62.2 Å². The molecule has 0 radical (unpaired) electrons. The molecule has 0 atom stereocenters. The van der Waals surface area contributed by atoms with E-state index in [0.717, 1.165) is 138 Å². The average molecular weight is 1780 g/mol. The Morgan fingerprint density at radius 3 is 1.50 bits per heavy atom. The molecule has 132 heavy (non-hydrogen) atoms. The summed E-state index contributed by atoms with van der Waals surface area (Å²) in [5.74, 6) is 3.76. The second-order valence-electron chi connectivity index (χ2n) is 32.3. The van der Waals surface area contributed by atoms with E-state index in [9.17, 15) is 14.0 Å². The van der Waals surface area contributed by atoms with Crippen molar-refractivity contribution in [2.45, 2.75) is 102 Å². The topological polar surface area (TPSA) is 463 Å². The average Bonchev–Trinajstić information content (AvgIpc) is 1.48. The summed E-state index contributed by atoms with van der Waals surface area (Å²) in [4.78, 5) is 57.5. The van der Waals surface area contributed by atoms with Gasteiger partial charge in [-0.1, -0.05) is 117 Å². The van der Waals surface area contributed by atoms with Crippen LogP contribution in [0.4, 0.5) is 50.8 Å². The third-order valence-corrected chi connectivity index (χ3v) is 22.5. The van der Waals surface area contributed by atoms with E-state index < -0.39 is 5.91 Å². The number of aryl methyl sites for hydroxylation is 11. The van der Waals surface area contributed by atoms with Crippen LogP contribution in [0.2, 0.25) is 5.02 Å². The van der Waals surface area contributed by atoms with Crippen LogP contribution in [0.15, 0.2) is 265 Å². The van der Waals surface area contributed by atoms with Crippen molar-refractivity contribution in [1.82, 2.24) is 50.3 Å². The number of primary amides is 1. The molecule has 22 rings (SSSR count). The highest BCUT2D eigenvalue weighted by molar-refractivity contribution is 6.32. The number of benzene rings is 11. The summed E-state index contributed by atoms with van der Waals surface area (Å²) in [6.07, 6.45) is 12.9. The normalized spacial score (nSPS) is 11.5. The molecule has 3 aliphatic rings. The summed E-state index contributed by atoms with van der Waals surface area (Å²) in [7, 11) is 0. The summed E-state index contributed by atoms with van der Waals surface area (Å²) < 4.78 is 18.0. The number of halogens is 2. The van der Waals surface area contributed by atoms with E-state index in [0.29, 0.717) is 70.8 Å². The predicted octanol–water partition coefficient (Wildman–Crippen LogP) is 20.1. The summed E-state index contributed by atoms with van der Waals surface area (Å²) >= 11 is 5.98. The van der Waals surface area contributed by atoms with Gasteiger partial charge in [0.1, 0.15) is 52.9 Å². The Bertz CT molecular complexity index is 7280. The molecule has 0 spiro atoms. The summed E-state index contributed by atoms with van der Waals surface area (Å²) in [6, 6.07) is 69.3. The van der Waals surface area contributed by atoms with E-state index in [-0.39, 0.29) is 11.7 Å². The first-order valence-corrected chi connectivity index (χ1v) is 42.9. The highest BCUT2D eigenvalue weighted by atomic mass is 35.5. The number of amides is 2. The molecule has 0 unspecified atom stereocenters. The Labute approximate surface area is 769 Å². The van der Waals surface area contributed by atoms with Crippen LogP contribution in [0.3, 0.4) is 0 Å². The number of carbonyl (C=O) groups is 2. The third-order valence-electron chi connectivity index (χ3n) is 22.0. The summed E-state index contributed by atoms with van der Waals surface area (Å²) in [6.45, 7) is 25.0. The van der Waals surface area contributed by atoms with Gasteiger partial charge in [-0.05, 0) is 310 Å². The minimum absolute atomic E-state index is 0.0590. The van der Waals surface area contributed by atoms with Crippen molar-refractivity contribution in [3.8, 4) is 0 Å². The molecule has 2 amide bonds. The summed E-state index contributed by atoms with van der Waals surface area (Å²) in [5, 5.41) is 23.2. The Hall–Kier alpha value is -16.2. The van der Waals surface area contributed by atoms with Crippen LogP contribution in [0, 0.1) is 82.0 Å². The Morgan fingerprint density at radius 2 is 0.886 bits per heavy atom. The molecular formula is C105H108ClFN22O3. The fourth-order valence-corrected chi connectivity index (χ4v) is 14.8. The molecule has 11 aromatic carbocycles. The molecule has 0 fully saturated rings. The van der Waals surface area contributed by atoms with Gasteiger partial charge in [0.2, 0.25) is 5.91 Å². The quantitative estimate of drug-likeness (QED) is 0.0764. The van der Waals surface area contributed by atoms with Crippen LogP contribution in [0.1, 0.15) is 110 Å². The maximum absolute atomic E-state index is 13.1. The number of aromatic nitrogens is 9. The van der Waals surface area contributed by atoms with Crippen molar-refractivity contribution in [2.24, 2.45) is 22.2 Å². The predicted molar refractivity (Wildman–Crippen MR) is 542 cm³/mol. The molecule has 0 saturated carbocycles. The Kier molecular flexibility index (Phi) is 31.3. The first-order chi connectivity index (χ1) is 63.2. The number of pyridine rings is 5. The van der Waals surface area contributed by atoms with Crippen LogP contribution in [0.25, 0.3) is 86.6 Å². The van der Waals surface area contributed by atoms with Crippen molar-refractivity contribution < 1.29 is 18.5 Å². The number of hydrogen-bond donors (Lipinski definition) is 13. The lowest BCUT2D eigenvalue weighted by Gasteiger charge is -2.06. The number of rotatable bonds is 2. The molecule has 11 heterocycles. The SMILES string of the molecule is Cc1cc2c(N)nccc2cc1C(N)=O.Cc1cc2c(N)nccc2cc1CN.Cc1cc2c(N)nccc2cc1Cl.Cc1cc2c(N)nccc2cc1F.Cc1ccc2c(c1)C(=O)NC2.Cc1ccc2c(c1)C(N)=NC2.Cc1ccc2c(c1)NCC2.Cc1ccc2cc[nH]c2c1.Cc1ccc2ccnc(N)c2c1.Cc1ccc2ncnc(N)c2c1.Cc1ccc2onc(N)c2c1. The number of aromatic amines is 1. The van der Waals surface area contributed by atoms with Crippen molar-refractivity contribution >= 4 is 162 Å². The monoisotopic (exact) mass is 1780 g/mol. The number of anilines is 8. The van der Waals surface area contributed by atoms with Gasteiger partial charge in [-0.2, -0.15) is 0 Å². The van der Waals surface area contributed by atoms with Crippen molar-refractivity contribution in [1.29, 1.82) is 0 Å². The number of H-pyrrole nitrogens is 1. The van der Waals surface area contributed by atoms with Gasteiger partial charge in [-0.15, -0.1) is 0 Å². The molecule has 0 saturated heterocycles. The van der Waals surface area contributed by atoms with E-state index in [2.05, 4.69) is 166 Å². The molecule has 670 valence electrons. The zero-order chi connectivity index (χ0) is 94.6. The zero-order valence-corrected chi connectivity index (χ0v) is 76.3. The Morgan fingerprint density at radius 1 is 0.417 bits per heavy atom. The highest BCUT2D eigenvalue weighted by Gasteiger charge is 2.19. The molecule has 27 heteroatoms. The van der Waals surface area contributed by atoms with Crippen LogP contribution >= 0.6 is 11.6 Å². The first kappa shape index (κ1) is 94.9. The number of nitrogens with zero attached hydrogens (tertiary/aromatic N) is 9. The Balaban J connectivity index is 0.000000131. The van der Waals surface area contributed by atoms with Crippen LogP contribution in [-0.2, 0) is 26.1 Å². The van der Waals surface area contributed by atoms with Gasteiger partial charge in [0.15, 0.2) is 11.4 Å². The van der Waals surface area contributed by atoms with Crippen molar-refractivity contribution in [3.63, 3.8) is 0 Å². The number of amidine groups is 1. The van der Waals surface area contributed by atoms with E-state index in [1.807, 2.05) is 152 Å². The standard InChI is InChI=1S/C11H11N3O.C11H13N3.C10H9ClN2.C10H9FN2.C10H10N2.C9H9N3.C9H10N2.C9H9NO.C9H11N.C9H9N.C8H8N2O/c1-6-4-9-7(2-3-14-10(9)12)5-8(6)11(13)15;1-7-4-10-8(5-9(7)6-12)2-3-14-11(10)13;2*1-6-4-8-7(5-9(6)11)2-3-13-10(8)12;1-7-2-3-8-4-5-12-10(11)9(8)6-7;1-6-2-3-8-7(4-6)9(10)12-5-11-8;1-6-2-3-7-5-11-9(10)8(7)4-6;1-6-2-3-7-5-10-9(11)8(7)4-6;2*1-7-2-3-8-4-5-10-9(8)6-7;1-5-2-3-7-6(4-5)8(9)10-11-7/h2-5H,1H3,(H2,12,14)(H2,13,15);2-5H,6,12H2,1H3,(H2,13,14);2*2-5H,1H3,(H2,12,13);2-6H,1H3,(H2,11,12);2-5H,1H3,(H2,10,11,12);2-4H,5H2,1H3,(H2,10,11);2-4H,5H2,1H3,(H,10,11);2-3,6,10H,4-5H2,1H3;2-6,10H,1H3;2-4H,1H3,(H2,9,10). The number of hydrogen-bond acceptors (Lipinski definition) is 22. The zero-order valence-electron chi connectivity index (χ0n) is 75.6. The fraction of sp³-hybridized carbons (Fsp3) is 0.152. The number of nitrogen functional groups attached to an aromatic ring is 7. The number of aliphatic imine (C=N–C) groups is 1. The first-order valence-electron chi connectivity index (χ1n) is 42.5. The van der Waals surface area contributed by atoms with Crippen molar-refractivity contribution in [3.05, 3.63) is 367 Å². The minimum atomic E-state index is -0.426. The van der Waals surface area contributed by atoms with Crippen LogP contribution in [0.5, 0.6) is 0 Å². The smallest absolute Gasteiger partial charge is 0.251 e. The van der Waals surface area contributed by atoms with Gasteiger partial charge in [-0.25, -0.2) is 39.3 Å². The fourth-order valence-electron chi connectivity index (χ4n) is 14.7. The highest BCUT2D eigenvalue weighted by Crippen LogP contribution is 2.31. The number of nitrogens with one attached hydrogen (secondary N) is 3. The molecule has 0 bridgehead atoms. The van der Waals surface area contributed by atoms with E-state index >= 15 is 0 Å². The molecule has 19 aromatic rings. The lowest BCUT2D eigenvalue weighted by Crippen LogP contribution is -2.12. The molecule has 25 nitrogen and oxygen atoms in total. The number of carbonyl (C=O) groups excluding carboxylic acids is 2. The van der Waals surface area contributed by atoms with Gasteiger partial charge in [0, 0.05) is 122 Å². The molecule has 8 aromatic heterocycles. The molecule has 0 aliphatic carbocycles. The molecule has 3 aliphatic heterocycles. The minimum Gasteiger partial charge on any atom is -0.384 e. The second-order valence-corrected chi connectivity index (χ2v) is 32.7. The van der Waals surface area contributed by atoms with E-state index in [4.69, 9.17) is 73.5 Å². The lowest BCUT2D eigenvalue weighted by molar-refractivity contribution is 0.0963. The van der Waals surface area contributed by atoms with Gasteiger partial charge in [-0.3, -0.25) is 14.6 Å². The van der Waals surface area contributed by atoms with Gasteiger partial charge < -0.3 is 77.5 Å². The lowest BCUT2D eigenvalue weighted by atomic mass is 10.0. The third kappa shape index (κ3) is 24.4. The molecular weight excluding hydrogens is 1670 g/mol. The van der Waals surface area contributed by atoms with Gasteiger partial charge >= 0.3 is 0 Å². The number of nitrogens with two attached hydrogens (primary N) is 10. The maximum Gasteiger partial charge on any atom is 0.251 e. The second kappa shape index (κ2) is 43.5. The largest absolute Gasteiger partial charge is 0.384 e. The van der Waals surface area contributed by atoms with Crippen LogP contribution in [-0.4, -0.2) is 69.2 Å². The number of fused-ring (bicyclic) bond motifs is 11. The maximum atomic E-state index is 13.1. The van der Waals surface area contributed by atoms with E-state index in [1.165, 1.54) is 79.9 Å². The van der Waals surface area contributed by atoms with Crippen molar-refractivity contribution in [2.75, 3.05) is 52.0 Å². The van der Waals surface area contributed by atoms with Gasteiger partial charge in [0.25, 0.3) is 5.91 Å². The summed E-state index contributed by atoms with van der Waals surface area (Å²) in [5.41, 5.74) is 80.1. The van der Waals surface area contributed by atoms with Gasteiger partial charge in [0.05, 0.1) is 17.4 Å².